The lowest BCUT2D eigenvalue weighted by molar-refractivity contribution is 0.0696. The number of halogens is 1. The molecule has 0 radical (unpaired) electrons. The molecule has 0 amide bonds. The van der Waals surface area contributed by atoms with Gasteiger partial charge in [0.25, 0.3) is 0 Å². The van der Waals surface area contributed by atoms with Gasteiger partial charge in [-0.05, 0) is 43.4 Å². The van der Waals surface area contributed by atoms with E-state index in [9.17, 15) is 13.2 Å². The van der Waals surface area contributed by atoms with Crippen LogP contribution >= 0.6 is 15.9 Å². The summed E-state index contributed by atoms with van der Waals surface area (Å²) < 4.78 is 27.5. The molecule has 1 atom stereocenters. The molecule has 1 saturated heterocycles. The highest BCUT2D eigenvalue weighted by atomic mass is 79.9. The van der Waals surface area contributed by atoms with Crippen molar-refractivity contribution in [3.05, 3.63) is 27.7 Å². The zero-order valence-electron chi connectivity index (χ0n) is 12.0. The van der Waals surface area contributed by atoms with E-state index in [2.05, 4.69) is 15.9 Å². The van der Waals surface area contributed by atoms with E-state index in [1.165, 1.54) is 16.4 Å². The zero-order valence-corrected chi connectivity index (χ0v) is 14.4. The van der Waals surface area contributed by atoms with E-state index in [0.717, 1.165) is 12.8 Å². The molecular weight excluding hydrogens is 358 g/mol. The molecule has 2 rings (SSSR count). The summed E-state index contributed by atoms with van der Waals surface area (Å²) in [4.78, 5) is 11.2. The van der Waals surface area contributed by atoms with E-state index in [0.29, 0.717) is 29.0 Å². The Balaban J connectivity index is 2.51. The van der Waals surface area contributed by atoms with Gasteiger partial charge >= 0.3 is 5.97 Å². The highest BCUT2D eigenvalue weighted by Crippen LogP contribution is 2.30. The Kier molecular flexibility index (Phi) is 4.75. The molecule has 21 heavy (non-hydrogen) atoms. The zero-order chi connectivity index (χ0) is 15.8. The Bertz CT molecular complexity index is 672. The van der Waals surface area contributed by atoms with Crippen LogP contribution in [0.1, 0.15) is 35.7 Å². The van der Waals surface area contributed by atoms with Crippen LogP contribution in [0.2, 0.25) is 0 Å². The van der Waals surface area contributed by atoms with Crippen molar-refractivity contribution in [2.45, 2.75) is 31.6 Å². The fourth-order valence-electron chi connectivity index (χ4n) is 2.55. The molecular formula is C14H18BrNO4S. The monoisotopic (exact) mass is 375 g/mol. The van der Waals surface area contributed by atoms with Crippen LogP contribution in [-0.4, -0.2) is 36.9 Å². The largest absolute Gasteiger partial charge is 0.478 e. The lowest BCUT2D eigenvalue weighted by atomic mass is 10.0. The number of sulfonamides is 1. The Labute approximate surface area is 133 Å². The quantitative estimate of drug-likeness (QED) is 0.880. The Morgan fingerprint density at radius 2 is 2.10 bits per heavy atom. The molecule has 1 fully saturated rings. The molecule has 1 aliphatic heterocycles. The third kappa shape index (κ3) is 3.30. The summed E-state index contributed by atoms with van der Waals surface area (Å²) in [5.74, 6) is -0.820. The van der Waals surface area contributed by atoms with Crippen molar-refractivity contribution in [1.29, 1.82) is 0 Å². The summed E-state index contributed by atoms with van der Waals surface area (Å²) in [7, 11) is -3.66. The molecule has 1 unspecified atom stereocenters. The Morgan fingerprint density at radius 3 is 2.67 bits per heavy atom. The van der Waals surface area contributed by atoms with Gasteiger partial charge in [-0.2, -0.15) is 4.31 Å². The molecule has 0 aliphatic carbocycles. The van der Waals surface area contributed by atoms with E-state index in [4.69, 9.17) is 5.11 Å². The van der Waals surface area contributed by atoms with Crippen LogP contribution in [0.5, 0.6) is 0 Å². The van der Waals surface area contributed by atoms with Gasteiger partial charge in [0.1, 0.15) is 0 Å². The summed E-state index contributed by atoms with van der Waals surface area (Å²) in [6, 6.07) is 2.67. The van der Waals surface area contributed by atoms with Crippen molar-refractivity contribution in [2.24, 2.45) is 5.92 Å². The van der Waals surface area contributed by atoms with E-state index in [1.807, 2.05) is 6.92 Å². The molecule has 5 nitrogen and oxygen atoms in total. The predicted molar refractivity (Wildman–Crippen MR) is 83.0 cm³/mol. The topological polar surface area (TPSA) is 74.7 Å². The summed E-state index contributed by atoms with van der Waals surface area (Å²) in [5.41, 5.74) is 0.509. The molecule has 7 heteroatoms. The van der Waals surface area contributed by atoms with Gasteiger partial charge < -0.3 is 5.11 Å². The Hall–Kier alpha value is -0.920. The molecule has 0 spiro atoms. The van der Waals surface area contributed by atoms with Crippen molar-refractivity contribution in [3.63, 3.8) is 0 Å². The highest BCUT2D eigenvalue weighted by molar-refractivity contribution is 9.10. The number of piperidine rings is 1. The van der Waals surface area contributed by atoms with Crippen molar-refractivity contribution < 1.29 is 18.3 Å². The summed E-state index contributed by atoms with van der Waals surface area (Å²) in [5, 5.41) is 9.11. The third-order valence-corrected chi connectivity index (χ3v) is 6.60. The first-order chi connectivity index (χ1) is 9.73. The molecule has 1 heterocycles. The molecule has 0 bridgehead atoms. The second-order valence-corrected chi connectivity index (χ2v) is 8.26. The van der Waals surface area contributed by atoms with Gasteiger partial charge in [0, 0.05) is 17.6 Å². The van der Waals surface area contributed by atoms with Crippen molar-refractivity contribution >= 4 is 31.9 Å². The normalized spacial score (nSPS) is 20.4. The molecule has 1 aliphatic rings. The number of benzene rings is 1. The minimum atomic E-state index is -3.66. The maximum Gasteiger partial charge on any atom is 0.335 e. The van der Waals surface area contributed by atoms with Crippen molar-refractivity contribution in [3.8, 4) is 0 Å². The molecule has 116 valence electrons. The van der Waals surface area contributed by atoms with E-state index >= 15 is 0 Å². The van der Waals surface area contributed by atoms with Gasteiger partial charge in [-0.15, -0.1) is 0 Å². The van der Waals surface area contributed by atoms with E-state index < -0.39 is 16.0 Å². The van der Waals surface area contributed by atoms with Crippen molar-refractivity contribution in [1.82, 2.24) is 4.31 Å². The van der Waals surface area contributed by atoms with Gasteiger partial charge in [0.2, 0.25) is 10.0 Å². The van der Waals surface area contributed by atoms with E-state index in [1.54, 1.807) is 6.92 Å². The molecule has 0 saturated carbocycles. The van der Waals surface area contributed by atoms with Crippen LogP contribution in [0.4, 0.5) is 0 Å². The van der Waals surface area contributed by atoms with Gasteiger partial charge in [0.15, 0.2) is 0 Å². The molecule has 0 aromatic heterocycles. The highest BCUT2D eigenvalue weighted by Gasteiger charge is 2.31. The number of hydrogen-bond acceptors (Lipinski definition) is 3. The molecule has 1 aromatic rings. The maximum absolute atomic E-state index is 12.8. The smallest absolute Gasteiger partial charge is 0.335 e. The number of aromatic carboxylic acids is 1. The van der Waals surface area contributed by atoms with Crippen LogP contribution in [0, 0.1) is 12.8 Å². The van der Waals surface area contributed by atoms with Gasteiger partial charge in [-0.25, -0.2) is 13.2 Å². The van der Waals surface area contributed by atoms with Crippen LogP contribution in [-0.2, 0) is 10.0 Å². The lowest BCUT2D eigenvalue weighted by Crippen LogP contribution is -2.39. The fourth-order valence-corrected chi connectivity index (χ4v) is 5.01. The predicted octanol–water partition coefficient (Wildman–Crippen LogP) is 2.88. The average molecular weight is 376 g/mol. The Morgan fingerprint density at radius 1 is 1.43 bits per heavy atom. The second-order valence-electron chi connectivity index (χ2n) is 5.50. The number of rotatable bonds is 3. The van der Waals surface area contributed by atoms with Crippen molar-refractivity contribution in [2.75, 3.05) is 13.1 Å². The maximum atomic E-state index is 12.8. The fraction of sp³-hybridized carbons (Fsp3) is 0.500. The van der Waals surface area contributed by atoms with Crippen LogP contribution in [0.25, 0.3) is 0 Å². The number of carboxylic acid groups (broad SMARTS) is 1. The average Bonchev–Trinajstić information content (AvgIpc) is 2.41. The minimum Gasteiger partial charge on any atom is -0.478 e. The van der Waals surface area contributed by atoms with Gasteiger partial charge in [-0.3, -0.25) is 0 Å². The first-order valence-corrected chi connectivity index (χ1v) is 9.00. The van der Waals surface area contributed by atoms with E-state index in [-0.39, 0.29) is 10.5 Å². The second kappa shape index (κ2) is 6.06. The standard InChI is InChI=1S/C14H18BrNO4S/c1-9-4-3-5-16(8-9)21(19,20)13-7-11(14(17)18)6-12(15)10(13)2/h6-7,9H,3-5,8H2,1-2H3,(H,17,18). The number of hydrogen-bond donors (Lipinski definition) is 1. The number of carboxylic acids is 1. The summed E-state index contributed by atoms with van der Waals surface area (Å²) in [6.45, 7) is 4.67. The third-order valence-electron chi connectivity index (χ3n) is 3.78. The first kappa shape index (κ1) is 16.5. The van der Waals surface area contributed by atoms with Crippen LogP contribution < -0.4 is 0 Å². The minimum absolute atomic E-state index is 0.0314. The summed E-state index contributed by atoms with van der Waals surface area (Å²) in [6.07, 6.45) is 1.85. The van der Waals surface area contributed by atoms with Gasteiger partial charge in [-0.1, -0.05) is 22.9 Å². The number of carbonyl (C=O) groups is 1. The molecule has 1 N–H and O–H groups in total. The molecule has 1 aromatic carbocycles. The number of nitrogens with zero attached hydrogens (tertiary/aromatic N) is 1. The SMILES string of the molecule is Cc1c(Br)cc(C(=O)O)cc1S(=O)(=O)N1CCCC(C)C1. The van der Waals surface area contributed by atoms with Crippen LogP contribution in [0.3, 0.4) is 0 Å². The van der Waals surface area contributed by atoms with Crippen LogP contribution in [0.15, 0.2) is 21.5 Å². The van der Waals surface area contributed by atoms with Gasteiger partial charge in [0.05, 0.1) is 10.5 Å². The lowest BCUT2D eigenvalue weighted by Gasteiger charge is -2.30. The summed E-state index contributed by atoms with van der Waals surface area (Å²) >= 11 is 3.25. The first-order valence-electron chi connectivity index (χ1n) is 6.77.